The van der Waals surface area contributed by atoms with Crippen LogP contribution in [0.5, 0.6) is 5.88 Å². The monoisotopic (exact) mass is 269 g/mol. The number of rotatable bonds is 5. The fourth-order valence-electron chi connectivity index (χ4n) is 2.32. The van der Waals surface area contributed by atoms with E-state index in [0.717, 1.165) is 25.2 Å². The first-order valence-electron chi connectivity index (χ1n) is 6.60. The summed E-state index contributed by atoms with van der Waals surface area (Å²) in [6.45, 7) is 3.48. The van der Waals surface area contributed by atoms with Crippen LogP contribution in [0.2, 0.25) is 0 Å². The van der Waals surface area contributed by atoms with E-state index in [4.69, 9.17) is 16.3 Å². The zero-order chi connectivity index (χ0) is 12.8. The molecule has 0 bridgehead atoms. The first-order valence-corrected chi connectivity index (χ1v) is 7.04. The highest BCUT2D eigenvalue weighted by Gasteiger charge is 2.19. The number of nitrogens with one attached hydrogen (secondary N) is 1. The maximum Gasteiger partial charge on any atom is 0.218 e. The van der Waals surface area contributed by atoms with Gasteiger partial charge in [0.05, 0.1) is 6.61 Å². The molecule has 0 amide bonds. The molecule has 4 nitrogen and oxygen atoms in total. The van der Waals surface area contributed by atoms with Crippen molar-refractivity contribution in [2.45, 2.75) is 38.0 Å². The SMILES string of the molecule is CCOc1cc(NCC2CCCC(Cl)C2)ncn1. The zero-order valence-electron chi connectivity index (χ0n) is 10.7. The van der Waals surface area contributed by atoms with Gasteiger partial charge in [-0.1, -0.05) is 6.42 Å². The van der Waals surface area contributed by atoms with Crippen molar-refractivity contribution in [2.75, 3.05) is 18.5 Å². The topological polar surface area (TPSA) is 47.0 Å². The summed E-state index contributed by atoms with van der Waals surface area (Å²) in [6, 6.07) is 1.84. The number of hydrogen-bond donors (Lipinski definition) is 1. The second-order valence-electron chi connectivity index (χ2n) is 4.69. The lowest BCUT2D eigenvalue weighted by atomic mass is 9.89. The molecule has 0 radical (unpaired) electrons. The maximum absolute atomic E-state index is 6.19. The molecule has 5 heteroatoms. The largest absolute Gasteiger partial charge is 0.478 e. The van der Waals surface area contributed by atoms with E-state index in [2.05, 4.69) is 15.3 Å². The van der Waals surface area contributed by atoms with Crippen molar-refractivity contribution in [3.63, 3.8) is 0 Å². The first-order chi connectivity index (χ1) is 8.78. The van der Waals surface area contributed by atoms with E-state index >= 15 is 0 Å². The van der Waals surface area contributed by atoms with Crippen LogP contribution in [-0.2, 0) is 0 Å². The second kappa shape index (κ2) is 6.78. The molecule has 0 spiro atoms. The van der Waals surface area contributed by atoms with Gasteiger partial charge in [-0.15, -0.1) is 11.6 Å². The van der Waals surface area contributed by atoms with Crippen molar-refractivity contribution >= 4 is 17.4 Å². The zero-order valence-corrected chi connectivity index (χ0v) is 11.5. The van der Waals surface area contributed by atoms with E-state index in [-0.39, 0.29) is 0 Å². The minimum absolute atomic E-state index is 0.343. The van der Waals surface area contributed by atoms with Gasteiger partial charge >= 0.3 is 0 Å². The molecule has 2 atom stereocenters. The number of ether oxygens (including phenoxy) is 1. The average molecular weight is 270 g/mol. The highest BCUT2D eigenvalue weighted by atomic mass is 35.5. The minimum Gasteiger partial charge on any atom is -0.478 e. The van der Waals surface area contributed by atoms with E-state index in [1.54, 1.807) is 0 Å². The number of hydrogen-bond acceptors (Lipinski definition) is 4. The van der Waals surface area contributed by atoms with Crippen LogP contribution in [0.1, 0.15) is 32.6 Å². The van der Waals surface area contributed by atoms with Gasteiger partial charge in [0.1, 0.15) is 12.1 Å². The summed E-state index contributed by atoms with van der Waals surface area (Å²) < 4.78 is 5.34. The molecule has 1 N–H and O–H groups in total. The lowest BCUT2D eigenvalue weighted by Gasteiger charge is -2.25. The molecule has 1 aliphatic carbocycles. The van der Waals surface area contributed by atoms with E-state index in [9.17, 15) is 0 Å². The van der Waals surface area contributed by atoms with Crippen LogP contribution in [0.4, 0.5) is 5.82 Å². The molecule has 100 valence electrons. The fraction of sp³-hybridized carbons (Fsp3) is 0.692. The predicted octanol–water partition coefficient (Wildman–Crippen LogP) is 3.08. The van der Waals surface area contributed by atoms with E-state index in [0.29, 0.717) is 23.8 Å². The highest BCUT2D eigenvalue weighted by molar-refractivity contribution is 6.20. The molecule has 2 unspecified atom stereocenters. The molecule has 1 heterocycles. The molecule has 1 saturated carbocycles. The van der Waals surface area contributed by atoms with Crippen molar-refractivity contribution in [1.82, 2.24) is 9.97 Å². The van der Waals surface area contributed by atoms with Gasteiger partial charge in [0.15, 0.2) is 0 Å². The highest BCUT2D eigenvalue weighted by Crippen LogP contribution is 2.27. The smallest absolute Gasteiger partial charge is 0.218 e. The van der Waals surface area contributed by atoms with Gasteiger partial charge < -0.3 is 10.1 Å². The Bertz CT molecular complexity index is 375. The van der Waals surface area contributed by atoms with Gasteiger partial charge in [-0.2, -0.15) is 0 Å². The molecule has 2 rings (SSSR count). The molecule has 0 aliphatic heterocycles. The van der Waals surface area contributed by atoms with Gasteiger partial charge in [-0.3, -0.25) is 0 Å². The molecule has 18 heavy (non-hydrogen) atoms. The van der Waals surface area contributed by atoms with Crippen molar-refractivity contribution in [3.05, 3.63) is 12.4 Å². The molecular formula is C13H20ClN3O. The third-order valence-corrected chi connectivity index (χ3v) is 3.62. The van der Waals surface area contributed by atoms with Crippen molar-refractivity contribution in [1.29, 1.82) is 0 Å². The van der Waals surface area contributed by atoms with Crippen LogP contribution >= 0.6 is 11.6 Å². The van der Waals surface area contributed by atoms with E-state index in [1.807, 2.05) is 13.0 Å². The third-order valence-electron chi connectivity index (χ3n) is 3.22. The Morgan fingerprint density at radius 1 is 1.44 bits per heavy atom. The summed E-state index contributed by atoms with van der Waals surface area (Å²) in [7, 11) is 0. The normalized spacial score (nSPS) is 23.7. The first kappa shape index (κ1) is 13.4. The molecule has 0 aromatic carbocycles. The average Bonchev–Trinajstić information content (AvgIpc) is 2.37. The Hall–Kier alpha value is -1.03. The predicted molar refractivity (Wildman–Crippen MR) is 73.3 cm³/mol. The molecule has 0 saturated heterocycles. The van der Waals surface area contributed by atoms with E-state index in [1.165, 1.54) is 19.2 Å². The second-order valence-corrected chi connectivity index (χ2v) is 5.30. The van der Waals surface area contributed by atoms with Crippen LogP contribution in [0, 0.1) is 5.92 Å². The summed E-state index contributed by atoms with van der Waals surface area (Å²) in [6.07, 6.45) is 6.25. The summed E-state index contributed by atoms with van der Waals surface area (Å²) in [4.78, 5) is 8.23. The van der Waals surface area contributed by atoms with Crippen LogP contribution < -0.4 is 10.1 Å². The lowest BCUT2D eigenvalue weighted by molar-refractivity contribution is 0.326. The Morgan fingerprint density at radius 2 is 2.33 bits per heavy atom. The quantitative estimate of drug-likeness (QED) is 0.835. The Balaban J connectivity index is 1.83. The Labute approximate surface area is 113 Å². The van der Waals surface area contributed by atoms with Crippen LogP contribution in [-0.4, -0.2) is 28.5 Å². The Kier molecular flexibility index (Phi) is 5.05. The molecule has 1 fully saturated rings. The molecule has 1 aromatic heterocycles. The maximum atomic E-state index is 6.19. The number of aromatic nitrogens is 2. The van der Waals surface area contributed by atoms with Crippen molar-refractivity contribution < 1.29 is 4.74 Å². The third kappa shape index (κ3) is 4.02. The van der Waals surface area contributed by atoms with Crippen molar-refractivity contribution in [2.24, 2.45) is 5.92 Å². The van der Waals surface area contributed by atoms with Gasteiger partial charge in [-0.25, -0.2) is 9.97 Å². The standard InChI is InChI=1S/C13H20ClN3O/c1-2-18-13-7-12(16-9-17-13)15-8-10-4-3-5-11(14)6-10/h7,9-11H,2-6,8H2,1H3,(H,15,16,17). The molecular weight excluding hydrogens is 250 g/mol. The summed E-state index contributed by atoms with van der Waals surface area (Å²) in [5.41, 5.74) is 0. The minimum atomic E-state index is 0.343. The Morgan fingerprint density at radius 3 is 3.11 bits per heavy atom. The van der Waals surface area contributed by atoms with Crippen LogP contribution in [0.15, 0.2) is 12.4 Å². The fourth-order valence-corrected chi connectivity index (χ4v) is 2.73. The van der Waals surface area contributed by atoms with Crippen molar-refractivity contribution in [3.8, 4) is 5.88 Å². The number of anilines is 1. The number of alkyl halides is 1. The van der Waals surface area contributed by atoms with Gasteiger partial charge in [0.25, 0.3) is 0 Å². The van der Waals surface area contributed by atoms with Gasteiger partial charge in [0, 0.05) is 18.0 Å². The van der Waals surface area contributed by atoms with Crippen LogP contribution in [0.3, 0.4) is 0 Å². The van der Waals surface area contributed by atoms with E-state index < -0.39 is 0 Å². The van der Waals surface area contributed by atoms with Gasteiger partial charge in [0.2, 0.25) is 5.88 Å². The number of nitrogens with zero attached hydrogens (tertiary/aromatic N) is 2. The summed E-state index contributed by atoms with van der Waals surface area (Å²) in [5, 5.41) is 3.69. The molecule has 1 aliphatic rings. The van der Waals surface area contributed by atoms with Gasteiger partial charge in [-0.05, 0) is 32.1 Å². The number of halogens is 1. The lowest BCUT2D eigenvalue weighted by Crippen LogP contribution is -2.22. The summed E-state index contributed by atoms with van der Waals surface area (Å²) >= 11 is 6.19. The van der Waals surface area contributed by atoms with Crippen LogP contribution in [0.25, 0.3) is 0 Å². The molecule has 1 aromatic rings. The summed E-state index contributed by atoms with van der Waals surface area (Å²) in [5.74, 6) is 2.09.